The molecule has 2 N–H and O–H groups in total. The minimum Gasteiger partial charge on any atom is -0.381 e. The minimum absolute atomic E-state index is 0.580. The van der Waals surface area contributed by atoms with Crippen LogP contribution in [0.2, 0.25) is 0 Å². The van der Waals surface area contributed by atoms with Gasteiger partial charge in [0.15, 0.2) is 0 Å². The Morgan fingerprint density at radius 3 is 2.68 bits per heavy atom. The van der Waals surface area contributed by atoms with Gasteiger partial charge < -0.3 is 15.2 Å². The van der Waals surface area contributed by atoms with Gasteiger partial charge in [0.05, 0.1) is 17.6 Å². The van der Waals surface area contributed by atoms with Gasteiger partial charge in [-0.2, -0.15) is 0 Å². The molecule has 0 radical (unpaired) electrons. The summed E-state index contributed by atoms with van der Waals surface area (Å²) in [7, 11) is 2.29. The van der Waals surface area contributed by atoms with Crippen LogP contribution >= 0.6 is 0 Å². The molecule has 4 nitrogen and oxygen atoms in total. The highest BCUT2D eigenvalue weighted by Crippen LogP contribution is 2.35. The molecule has 2 atom stereocenters. The highest BCUT2D eigenvalue weighted by Gasteiger charge is 2.38. The van der Waals surface area contributed by atoms with Crippen LogP contribution in [0.4, 0.5) is 5.69 Å². The molecule has 4 heterocycles. The number of nitrogens with one attached hydrogen (secondary N) is 2. The molecule has 0 aliphatic carbocycles. The fourth-order valence-electron chi connectivity index (χ4n) is 4.62. The Morgan fingerprint density at radius 1 is 1.08 bits per heavy atom. The topological polar surface area (TPSA) is 44.0 Å². The van der Waals surface area contributed by atoms with E-state index in [4.69, 9.17) is 0 Å². The van der Waals surface area contributed by atoms with Crippen molar-refractivity contribution in [3.8, 4) is 11.3 Å². The quantitative estimate of drug-likeness (QED) is 0.753. The Labute approximate surface area is 148 Å². The number of piperidine rings is 1. The summed E-state index contributed by atoms with van der Waals surface area (Å²) in [5.41, 5.74) is 4.46. The number of pyridine rings is 1. The second kappa shape index (κ2) is 5.88. The van der Waals surface area contributed by atoms with Crippen molar-refractivity contribution < 1.29 is 0 Å². The third kappa shape index (κ3) is 2.71. The van der Waals surface area contributed by atoms with Crippen LogP contribution in [0.3, 0.4) is 0 Å². The Kier molecular flexibility index (Phi) is 3.52. The number of nitrogens with zero attached hydrogens (tertiary/aromatic N) is 2. The maximum absolute atomic E-state index is 4.69. The van der Waals surface area contributed by atoms with E-state index in [-0.39, 0.29) is 0 Å². The Bertz CT molecular complexity index is 868. The van der Waals surface area contributed by atoms with E-state index in [2.05, 4.69) is 63.6 Å². The number of H-pyrrole nitrogens is 1. The molecule has 2 aromatic heterocycles. The highest BCUT2D eigenvalue weighted by molar-refractivity contribution is 5.84. The van der Waals surface area contributed by atoms with Crippen LogP contribution in [0.1, 0.15) is 25.7 Å². The van der Waals surface area contributed by atoms with Gasteiger partial charge in [-0.15, -0.1) is 0 Å². The van der Waals surface area contributed by atoms with Crippen molar-refractivity contribution in [2.24, 2.45) is 0 Å². The molecule has 2 saturated heterocycles. The van der Waals surface area contributed by atoms with Crippen LogP contribution in [-0.2, 0) is 0 Å². The van der Waals surface area contributed by atoms with Gasteiger partial charge in [0.2, 0.25) is 0 Å². The summed E-state index contributed by atoms with van der Waals surface area (Å²) >= 11 is 0. The number of hydrogen-bond acceptors (Lipinski definition) is 3. The number of benzene rings is 1. The summed E-state index contributed by atoms with van der Waals surface area (Å²) in [4.78, 5) is 10.5. The number of fused-ring (bicyclic) bond motifs is 3. The number of aromatic amines is 1. The monoisotopic (exact) mass is 332 g/mol. The van der Waals surface area contributed by atoms with E-state index in [1.165, 1.54) is 31.1 Å². The van der Waals surface area contributed by atoms with E-state index in [0.29, 0.717) is 6.04 Å². The molecular weight excluding hydrogens is 308 g/mol. The molecule has 3 aromatic rings. The maximum Gasteiger partial charge on any atom is 0.0704 e. The molecular formula is C21H24N4. The normalized spacial score (nSPS) is 26.2. The van der Waals surface area contributed by atoms with Gasteiger partial charge in [0.25, 0.3) is 0 Å². The van der Waals surface area contributed by atoms with Gasteiger partial charge in [0, 0.05) is 35.4 Å². The zero-order valence-corrected chi connectivity index (χ0v) is 14.6. The Balaban J connectivity index is 1.31. The zero-order valence-electron chi connectivity index (χ0n) is 14.6. The molecule has 2 fully saturated rings. The fraction of sp³-hybridized carbons (Fsp3) is 0.381. The molecule has 1 aromatic carbocycles. The SMILES string of the molecule is CN1C2CCC1CC(Nc1ccc(-c3ccc4cc[nH]c4c3)nc1)C2. The van der Waals surface area contributed by atoms with E-state index in [9.17, 15) is 0 Å². The molecule has 0 saturated carbocycles. The van der Waals surface area contributed by atoms with E-state index < -0.39 is 0 Å². The van der Waals surface area contributed by atoms with Crippen LogP contribution in [0, 0.1) is 0 Å². The van der Waals surface area contributed by atoms with Crippen molar-refractivity contribution in [2.75, 3.05) is 12.4 Å². The number of anilines is 1. The van der Waals surface area contributed by atoms with Crippen LogP contribution < -0.4 is 5.32 Å². The van der Waals surface area contributed by atoms with Crippen molar-refractivity contribution in [3.05, 3.63) is 48.8 Å². The number of aromatic nitrogens is 2. The predicted octanol–water partition coefficient (Wildman–Crippen LogP) is 4.27. The van der Waals surface area contributed by atoms with E-state index in [0.717, 1.165) is 34.5 Å². The lowest BCUT2D eigenvalue weighted by molar-refractivity contribution is 0.169. The molecule has 25 heavy (non-hydrogen) atoms. The summed E-state index contributed by atoms with van der Waals surface area (Å²) in [5, 5.41) is 4.95. The lowest BCUT2D eigenvalue weighted by atomic mass is 9.98. The largest absolute Gasteiger partial charge is 0.381 e. The van der Waals surface area contributed by atoms with E-state index >= 15 is 0 Å². The zero-order chi connectivity index (χ0) is 16.8. The van der Waals surface area contributed by atoms with Gasteiger partial charge >= 0.3 is 0 Å². The van der Waals surface area contributed by atoms with Crippen LogP contribution in [0.15, 0.2) is 48.8 Å². The van der Waals surface area contributed by atoms with Crippen LogP contribution in [-0.4, -0.2) is 40.0 Å². The first-order valence-electron chi connectivity index (χ1n) is 9.28. The second-order valence-electron chi connectivity index (χ2n) is 7.57. The summed E-state index contributed by atoms with van der Waals surface area (Å²) in [5.74, 6) is 0. The first-order chi connectivity index (χ1) is 12.3. The summed E-state index contributed by atoms with van der Waals surface area (Å²) in [6, 6.07) is 14.9. The van der Waals surface area contributed by atoms with Crippen molar-refractivity contribution in [2.45, 2.75) is 43.8 Å². The maximum atomic E-state index is 4.69. The summed E-state index contributed by atoms with van der Waals surface area (Å²) < 4.78 is 0. The van der Waals surface area contributed by atoms with Crippen molar-refractivity contribution in [1.82, 2.24) is 14.9 Å². The molecule has 2 unspecified atom stereocenters. The van der Waals surface area contributed by atoms with Crippen molar-refractivity contribution in [3.63, 3.8) is 0 Å². The average molecular weight is 332 g/mol. The standard InChI is InChI=1S/C21H24N4/c1-25-18-5-6-19(25)12-17(11-18)24-16-4-7-20(23-13-16)15-3-2-14-8-9-22-21(14)10-15/h2-4,7-10,13,17-19,22,24H,5-6,11-12H2,1H3. The van der Waals surface area contributed by atoms with E-state index in [1.54, 1.807) is 0 Å². The lowest BCUT2D eigenvalue weighted by Gasteiger charge is -2.37. The van der Waals surface area contributed by atoms with Gasteiger partial charge in [0.1, 0.15) is 0 Å². The van der Waals surface area contributed by atoms with Crippen molar-refractivity contribution in [1.29, 1.82) is 0 Å². The Hall–Kier alpha value is -2.33. The summed E-state index contributed by atoms with van der Waals surface area (Å²) in [6.07, 6.45) is 9.17. The van der Waals surface area contributed by atoms with E-state index in [1.807, 2.05) is 12.4 Å². The lowest BCUT2D eigenvalue weighted by Crippen LogP contribution is -2.44. The third-order valence-electron chi connectivity index (χ3n) is 6.08. The third-order valence-corrected chi connectivity index (χ3v) is 6.08. The number of hydrogen-bond donors (Lipinski definition) is 2. The molecule has 0 spiro atoms. The smallest absolute Gasteiger partial charge is 0.0704 e. The second-order valence-corrected chi connectivity index (χ2v) is 7.57. The predicted molar refractivity (Wildman–Crippen MR) is 103 cm³/mol. The molecule has 2 bridgehead atoms. The van der Waals surface area contributed by atoms with Gasteiger partial charge in [-0.25, -0.2) is 0 Å². The molecule has 5 rings (SSSR count). The molecule has 128 valence electrons. The van der Waals surface area contributed by atoms with Gasteiger partial charge in [-0.3, -0.25) is 4.98 Å². The summed E-state index contributed by atoms with van der Waals surface area (Å²) in [6.45, 7) is 0. The molecule has 4 heteroatoms. The number of rotatable bonds is 3. The van der Waals surface area contributed by atoms with Crippen LogP contribution in [0.25, 0.3) is 22.2 Å². The van der Waals surface area contributed by atoms with Crippen molar-refractivity contribution >= 4 is 16.6 Å². The van der Waals surface area contributed by atoms with Crippen LogP contribution in [0.5, 0.6) is 0 Å². The fourth-order valence-corrected chi connectivity index (χ4v) is 4.62. The first-order valence-corrected chi connectivity index (χ1v) is 9.28. The molecule has 2 aliphatic rings. The molecule has 2 aliphatic heterocycles. The highest BCUT2D eigenvalue weighted by atomic mass is 15.2. The van der Waals surface area contributed by atoms with Gasteiger partial charge in [-0.1, -0.05) is 12.1 Å². The first kappa shape index (κ1) is 15.0. The minimum atomic E-state index is 0.580. The molecule has 0 amide bonds. The Morgan fingerprint density at radius 2 is 1.92 bits per heavy atom. The average Bonchev–Trinajstić information content (AvgIpc) is 3.16. The van der Waals surface area contributed by atoms with Gasteiger partial charge in [-0.05, 0) is 62.4 Å².